The van der Waals surface area contributed by atoms with Crippen molar-refractivity contribution >= 4 is 15.7 Å². The lowest BCUT2D eigenvalue weighted by molar-refractivity contribution is -0.914. The Labute approximate surface area is 184 Å². The molecule has 2 aliphatic heterocycles. The Kier molecular flexibility index (Phi) is 5.65. The van der Waals surface area contributed by atoms with Crippen molar-refractivity contribution in [1.82, 2.24) is 4.57 Å². The molecular formula is C24H32N3O3S+. The molecule has 1 aromatic heterocycles. The molecule has 3 heterocycles. The van der Waals surface area contributed by atoms with Crippen LogP contribution in [0.5, 0.6) is 0 Å². The largest absolute Gasteiger partial charge is 0.334 e. The van der Waals surface area contributed by atoms with E-state index in [1.807, 2.05) is 10.6 Å². The molecule has 1 aromatic carbocycles. The SMILES string of the molecule is O=c1c(NS(=O)(=O)c2ccccc2)ccc2n1C[C@H]1C[C@@H]2C[NH+](CC2CCCCC2)C1. The second-order valence-corrected chi connectivity index (χ2v) is 11.4. The van der Waals surface area contributed by atoms with Crippen LogP contribution >= 0.6 is 0 Å². The molecule has 2 fully saturated rings. The molecule has 1 saturated heterocycles. The quantitative estimate of drug-likeness (QED) is 0.746. The van der Waals surface area contributed by atoms with E-state index in [1.165, 1.54) is 50.8 Å². The Balaban J connectivity index is 1.35. The Morgan fingerprint density at radius 1 is 1.00 bits per heavy atom. The number of pyridine rings is 1. The molecule has 166 valence electrons. The number of likely N-dealkylation sites (tertiary alicyclic amines) is 1. The Hall–Kier alpha value is -2.12. The van der Waals surface area contributed by atoms with Crippen molar-refractivity contribution in [3.8, 4) is 0 Å². The molecule has 2 aromatic rings. The van der Waals surface area contributed by atoms with E-state index in [0.29, 0.717) is 18.4 Å². The predicted octanol–water partition coefficient (Wildman–Crippen LogP) is 2.23. The number of hydrogen-bond donors (Lipinski definition) is 2. The second kappa shape index (κ2) is 8.43. The van der Waals surface area contributed by atoms with Gasteiger partial charge in [-0.05, 0) is 43.5 Å². The lowest BCUT2D eigenvalue weighted by Crippen LogP contribution is -3.15. The predicted molar refractivity (Wildman–Crippen MR) is 121 cm³/mol. The summed E-state index contributed by atoms with van der Waals surface area (Å²) in [5, 5.41) is 0. The molecule has 0 radical (unpaired) electrons. The monoisotopic (exact) mass is 442 g/mol. The number of rotatable bonds is 5. The zero-order valence-corrected chi connectivity index (χ0v) is 18.7. The van der Waals surface area contributed by atoms with Gasteiger partial charge in [0.1, 0.15) is 5.69 Å². The Morgan fingerprint density at radius 3 is 2.55 bits per heavy atom. The zero-order chi connectivity index (χ0) is 21.4. The van der Waals surface area contributed by atoms with Crippen molar-refractivity contribution in [3.63, 3.8) is 0 Å². The Morgan fingerprint density at radius 2 is 1.77 bits per heavy atom. The molecule has 5 rings (SSSR count). The summed E-state index contributed by atoms with van der Waals surface area (Å²) in [6.45, 7) is 4.17. The van der Waals surface area contributed by atoms with Gasteiger partial charge in [0.2, 0.25) is 0 Å². The third-order valence-corrected chi connectivity index (χ3v) is 8.78. The number of aromatic nitrogens is 1. The van der Waals surface area contributed by atoms with E-state index < -0.39 is 10.0 Å². The molecule has 0 amide bonds. The van der Waals surface area contributed by atoms with Crippen molar-refractivity contribution in [2.45, 2.75) is 55.9 Å². The van der Waals surface area contributed by atoms with E-state index in [-0.39, 0.29) is 16.1 Å². The van der Waals surface area contributed by atoms with Crippen LogP contribution in [-0.2, 0) is 16.6 Å². The van der Waals surface area contributed by atoms with Crippen LogP contribution in [0.15, 0.2) is 52.2 Å². The highest BCUT2D eigenvalue weighted by atomic mass is 32.2. The fraction of sp³-hybridized carbons (Fsp3) is 0.542. The van der Waals surface area contributed by atoms with Crippen molar-refractivity contribution in [2.75, 3.05) is 24.4 Å². The van der Waals surface area contributed by atoms with Gasteiger partial charge in [-0.15, -0.1) is 0 Å². The summed E-state index contributed by atoms with van der Waals surface area (Å²) >= 11 is 0. The lowest BCUT2D eigenvalue weighted by atomic mass is 9.81. The van der Waals surface area contributed by atoms with Crippen LogP contribution in [0.2, 0.25) is 0 Å². The van der Waals surface area contributed by atoms with Crippen molar-refractivity contribution < 1.29 is 13.3 Å². The summed E-state index contributed by atoms with van der Waals surface area (Å²) < 4.78 is 29.7. The summed E-state index contributed by atoms with van der Waals surface area (Å²) in [7, 11) is -3.77. The maximum absolute atomic E-state index is 13.2. The van der Waals surface area contributed by atoms with E-state index in [9.17, 15) is 13.2 Å². The summed E-state index contributed by atoms with van der Waals surface area (Å²) in [4.78, 5) is 15.0. The lowest BCUT2D eigenvalue weighted by Gasteiger charge is -2.41. The maximum atomic E-state index is 13.2. The molecule has 31 heavy (non-hydrogen) atoms. The summed E-state index contributed by atoms with van der Waals surface area (Å²) in [5.41, 5.74) is 0.992. The first kappa shape index (κ1) is 20.8. The molecule has 1 unspecified atom stereocenters. The number of piperidine rings is 1. The molecule has 7 heteroatoms. The van der Waals surface area contributed by atoms with Crippen LogP contribution in [0.25, 0.3) is 0 Å². The first-order valence-electron chi connectivity index (χ1n) is 11.6. The van der Waals surface area contributed by atoms with Gasteiger partial charge in [0.25, 0.3) is 15.6 Å². The molecule has 2 N–H and O–H groups in total. The molecule has 3 aliphatic rings. The van der Waals surface area contributed by atoms with Crippen LogP contribution in [0, 0.1) is 11.8 Å². The van der Waals surface area contributed by atoms with E-state index in [0.717, 1.165) is 31.1 Å². The molecule has 1 saturated carbocycles. The number of anilines is 1. The first-order chi connectivity index (χ1) is 15.0. The van der Waals surface area contributed by atoms with Gasteiger partial charge in [-0.2, -0.15) is 0 Å². The van der Waals surface area contributed by atoms with E-state index in [2.05, 4.69) is 4.72 Å². The minimum atomic E-state index is -3.77. The molecule has 6 nitrogen and oxygen atoms in total. The third-order valence-electron chi connectivity index (χ3n) is 7.40. The highest BCUT2D eigenvalue weighted by molar-refractivity contribution is 7.92. The summed E-state index contributed by atoms with van der Waals surface area (Å²) in [6.07, 6.45) is 8.04. The third kappa shape index (κ3) is 4.30. The average Bonchev–Trinajstić information content (AvgIpc) is 2.77. The minimum Gasteiger partial charge on any atom is -0.334 e. The molecule has 3 atom stereocenters. The topological polar surface area (TPSA) is 72.6 Å². The van der Waals surface area contributed by atoms with Crippen LogP contribution in [-0.4, -0.2) is 32.6 Å². The highest BCUT2D eigenvalue weighted by Gasteiger charge is 2.38. The van der Waals surface area contributed by atoms with Crippen LogP contribution < -0.4 is 15.2 Å². The first-order valence-corrected chi connectivity index (χ1v) is 13.1. The standard InChI is InChI=1S/C24H31N3O3S/c28-24-22(25-31(29,30)21-9-5-2-6-10-21)11-12-23-20-13-19(16-27(23)24)15-26(17-20)14-18-7-3-1-4-8-18/h2,5-6,9-12,18-20,25H,1,3-4,7-8,13-17H2/p+1/t19-,20+/m0/s1. The fourth-order valence-corrected chi connectivity index (χ4v) is 7.09. The fourth-order valence-electron chi connectivity index (χ4n) is 6.02. The van der Waals surface area contributed by atoms with Crippen molar-refractivity contribution in [1.29, 1.82) is 0 Å². The van der Waals surface area contributed by atoms with Gasteiger partial charge < -0.3 is 9.47 Å². The molecular weight excluding hydrogens is 410 g/mol. The molecule has 1 aliphatic carbocycles. The van der Waals surface area contributed by atoms with Gasteiger partial charge in [-0.3, -0.25) is 9.52 Å². The number of quaternary nitrogens is 1. The Bertz CT molecular complexity index is 1090. The smallest absolute Gasteiger partial charge is 0.275 e. The van der Waals surface area contributed by atoms with E-state index in [1.54, 1.807) is 29.2 Å². The average molecular weight is 443 g/mol. The normalized spacial score (nSPS) is 26.3. The van der Waals surface area contributed by atoms with Crippen LogP contribution in [0.4, 0.5) is 5.69 Å². The van der Waals surface area contributed by atoms with Crippen LogP contribution in [0.1, 0.15) is 50.1 Å². The van der Waals surface area contributed by atoms with Gasteiger partial charge in [0.05, 0.1) is 24.5 Å². The van der Waals surface area contributed by atoms with Gasteiger partial charge in [-0.25, -0.2) is 8.42 Å². The van der Waals surface area contributed by atoms with Gasteiger partial charge in [0, 0.05) is 30.0 Å². The number of benzene rings is 1. The van der Waals surface area contributed by atoms with E-state index >= 15 is 0 Å². The van der Waals surface area contributed by atoms with Gasteiger partial charge in [0.15, 0.2) is 0 Å². The van der Waals surface area contributed by atoms with Crippen molar-refractivity contribution in [2.24, 2.45) is 11.8 Å². The zero-order valence-electron chi connectivity index (χ0n) is 17.9. The van der Waals surface area contributed by atoms with Crippen LogP contribution in [0.3, 0.4) is 0 Å². The second-order valence-electron chi connectivity index (χ2n) is 9.67. The van der Waals surface area contributed by atoms with Gasteiger partial charge >= 0.3 is 0 Å². The number of fused-ring (bicyclic) bond motifs is 4. The maximum Gasteiger partial charge on any atom is 0.275 e. The molecule has 2 bridgehead atoms. The van der Waals surface area contributed by atoms with Gasteiger partial charge in [-0.1, -0.05) is 37.5 Å². The summed E-state index contributed by atoms with van der Waals surface area (Å²) in [5.74, 6) is 1.74. The number of nitrogens with one attached hydrogen (secondary N) is 2. The molecule has 0 spiro atoms. The minimum absolute atomic E-state index is 0.138. The highest BCUT2D eigenvalue weighted by Crippen LogP contribution is 2.31. The van der Waals surface area contributed by atoms with Crippen molar-refractivity contribution in [3.05, 3.63) is 58.5 Å². The number of nitrogens with zero attached hydrogens (tertiary/aromatic N) is 1. The number of sulfonamides is 1. The summed E-state index contributed by atoms with van der Waals surface area (Å²) in [6, 6.07) is 11.8. The van der Waals surface area contributed by atoms with E-state index in [4.69, 9.17) is 0 Å². The number of hydrogen-bond acceptors (Lipinski definition) is 3.